The lowest BCUT2D eigenvalue weighted by Gasteiger charge is -2.02. The molecule has 2 aromatic rings. The molecule has 2 rings (SSSR count). The first kappa shape index (κ1) is 12.1. The van der Waals surface area contributed by atoms with Crippen LogP contribution in [0.5, 0.6) is 0 Å². The van der Waals surface area contributed by atoms with E-state index in [4.69, 9.17) is 4.52 Å². The first-order chi connectivity index (χ1) is 8.08. The fourth-order valence-electron chi connectivity index (χ4n) is 1.31. The van der Waals surface area contributed by atoms with E-state index in [0.29, 0.717) is 11.4 Å². The van der Waals surface area contributed by atoms with Crippen LogP contribution in [0.4, 0.5) is 5.88 Å². The van der Waals surface area contributed by atoms with Crippen molar-refractivity contribution in [1.82, 2.24) is 5.16 Å². The van der Waals surface area contributed by atoms with Crippen LogP contribution in [0.15, 0.2) is 28.8 Å². The summed E-state index contributed by atoms with van der Waals surface area (Å²) in [5.74, 6) is 0.215. The summed E-state index contributed by atoms with van der Waals surface area (Å²) in [6, 6.07) is 7.31. The predicted octanol–water partition coefficient (Wildman–Crippen LogP) is 3.15. The summed E-state index contributed by atoms with van der Waals surface area (Å²) in [6.07, 6.45) is 0. The predicted molar refractivity (Wildman–Crippen MR) is 73.1 cm³/mol. The number of aryl methyl sites for hydroxylation is 1. The zero-order chi connectivity index (χ0) is 12.4. The number of amides is 1. The second-order valence-electron chi connectivity index (χ2n) is 3.68. The molecule has 17 heavy (non-hydrogen) atoms. The third-order valence-electron chi connectivity index (χ3n) is 2.49. The van der Waals surface area contributed by atoms with Crippen LogP contribution in [-0.4, -0.2) is 11.1 Å². The smallest absolute Gasteiger partial charge is 0.258 e. The summed E-state index contributed by atoms with van der Waals surface area (Å²) in [4.78, 5) is 11.9. The number of carbonyl (C=O) groups is 1. The molecule has 4 nitrogen and oxygen atoms in total. The van der Waals surface area contributed by atoms with Gasteiger partial charge >= 0.3 is 0 Å². The van der Waals surface area contributed by atoms with E-state index < -0.39 is 0 Å². The number of benzene rings is 1. The summed E-state index contributed by atoms with van der Waals surface area (Å²) in [5.41, 5.74) is 2.23. The Hall–Kier alpha value is -1.37. The summed E-state index contributed by atoms with van der Waals surface area (Å²) in [6.45, 7) is 3.69. The number of nitrogens with zero attached hydrogens (tertiary/aromatic N) is 1. The molecular weight excluding hydrogens is 331 g/mol. The van der Waals surface area contributed by atoms with Gasteiger partial charge in [0, 0.05) is 14.7 Å². The molecule has 88 valence electrons. The van der Waals surface area contributed by atoms with E-state index in [1.165, 1.54) is 0 Å². The molecule has 0 aliphatic carbocycles. The Morgan fingerprint density at radius 1 is 1.29 bits per heavy atom. The third kappa shape index (κ3) is 2.66. The van der Waals surface area contributed by atoms with Crippen molar-refractivity contribution >= 4 is 34.4 Å². The van der Waals surface area contributed by atoms with Crippen LogP contribution in [0.25, 0.3) is 0 Å². The molecule has 1 aromatic heterocycles. The number of aromatic nitrogens is 1. The van der Waals surface area contributed by atoms with E-state index >= 15 is 0 Å². The Labute approximate surface area is 113 Å². The number of hydrogen-bond acceptors (Lipinski definition) is 3. The maximum Gasteiger partial charge on any atom is 0.258 e. The Morgan fingerprint density at radius 2 is 1.94 bits per heavy atom. The van der Waals surface area contributed by atoms with Crippen LogP contribution in [0.1, 0.15) is 21.6 Å². The van der Waals surface area contributed by atoms with Gasteiger partial charge in [-0.05, 0) is 60.7 Å². The van der Waals surface area contributed by atoms with Gasteiger partial charge in [0.05, 0.1) is 5.69 Å². The van der Waals surface area contributed by atoms with Gasteiger partial charge in [-0.3, -0.25) is 10.1 Å². The average Bonchev–Trinajstić information content (AvgIpc) is 2.62. The molecule has 0 unspecified atom stereocenters. The minimum Gasteiger partial charge on any atom is -0.338 e. The topological polar surface area (TPSA) is 55.1 Å². The maximum absolute atomic E-state index is 11.9. The fourth-order valence-corrected chi connectivity index (χ4v) is 1.67. The van der Waals surface area contributed by atoms with E-state index in [2.05, 4.69) is 33.1 Å². The van der Waals surface area contributed by atoms with Gasteiger partial charge in [-0.1, -0.05) is 5.16 Å². The Balaban J connectivity index is 2.17. The molecule has 0 spiro atoms. The van der Waals surface area contributed by atoms with Crippen molar-refractivity contribution in [2.45, 2.75) is 13.8 Å². The van der Waals surface area contributed by atoms with Gasteiger partial charge in [-0.15, -0.1) is 0 Å². The molecule has 0 bridgehead atoms. The van der Waals surface area contributed by atoms with Crippen molar-refractivity contribution in [3.63, 3.8) is 0 Å². The highest BCUT2D eigenvalue weighted by atomic mass is 127. The second kappa shape index (κ2) is 4.87. The molecule has 1 heterocycles. The monoisotopic (exact) mass is 342 g/mol. The molecular formula is C12H11IN2O2. The molecule has 5 heteroatoms. The van der Waals surface area contributed by atoms with Gasteiger partial charge in [0.15, 0.2) is 0 Å². The molecule has 1 amide bonds. The molecule has 0 saturated carbocycles. The normalized spacial score (nSPS) is 10.3. The van der Waals surface area contributed by atoms with Gasteiger partial charge in [-0.25, -0.2) is 0 Å². The first-order valence-corrected chi connectivity index (χ1v) is 6.15. The highest BCUT2D eigenvalue weighted by Crippen LogP contribution is 2.18. The lowest BCUT2D eigenvalue weighted by molar-refractivity contribution is 0.102. The molecule has 1 N–H and O–H groups in total. The lowest BCUT2D eigenvalue weighted by Crippen LogP contribution is -2.11. The van der Waals surface area contributed by atoms with Crippen molar-refractivity contribution in [2.24, 2.45) is 0 Å². The number of rotatable bonds is 2. The Morgan fingerprint density at radius 3 is 2.47 bits per heavy atom. The summed E-state index contributed by atoms with van der Waals surface area (Å²) in [7, 11) is 0. The first-order valence-electron chi connectivity index (χ1n) is 5.07. The maximum atomic E-state index is 11.9. The summed E-state index contributed by atoms with van der Waals surface area (Å²) in [5, 5.41) is 6.48. The van der Waals surface area contributed by atoms with Crippen molar-refractivity contribution in [1.29, 1.82) is 0 Å². The highest BCUT2D eigenvalue weighted by molar-refractivity contribution is 14.1. The van der Waals surface area contributed by atoms with Gasteiger partial charge in [0.2, 0.25) is 5.88 Å². The SMILES string of the molecule is Cc1noc(NC(=O)c2ccc(I)cc2)c1C. The van der Waals surface area contributed by atoms with Gasteiger partial charge in [0.1, 0.15) is 0 Å². The quantitative estimate of drug-likeness (QED) is 0.853. The molecule has 0 radical (unpaired) electrons. The van der Waals surface area contributed by atoms with Crippen molar-refractivity contribution in [3.05, 3.63) is 44.7 Å². The minimum absolute atomic E-state index is 0.194. The van der Waals surface area contributed by atoms with Crippen LogP contribution < -0.4 is 5.32 Å². The Kier molecular flexibility index (Phi) is 3.46. The molecule has 0 atom stereocenters. The summed E-state index contributed by atoms with van der Waals surface area (Å²) < 4.78 is 6.12. The molecule has 0 aliphatic rings. The zero-order valence-corrected chi connectivity index (χ0v) is 11.6. The largest absolute Gasteiger partial charge is 0.338 e. The molecule has 1 aromatic carbocycles. The number of halogens is 1. The van der Waals surface area contributed by atoms with Gasteiger partial charge in [-0.2, -0.15) is 0 Å². The second-order valence-corrected chi connectivity index (χ2v) is 4.93. The van der Waals surface area contributed by atoms with E-state index in [-0.39, 0.29) is 5.91 Å². The number of nitrogens with one attached hydrogen (secondary N) is 1. The lowest BCUT2D eigenvalue weighted by atomic mass is 10.2. The van der Waals surface area contributed by atoms with Crippen LogP contribution >= 0.6 is 22.6 Å². The van der Waals surface area contributed by atoms with E-state index in [1.807, 2.05) is 26.0 Å². The van der Waals surface area contributed by atoms with Crippen LogP contribution in [0.2, 0.25) is 0 Å². The van der Waals surface area contributed by atoms with Crippen molar-refractivity contribution in [2.75, 3.05) is 5.32 Å². The summed E-state index contributed by atoms with van der Waals surface area (Å²) >= 11 is 2.19. The fraction of sp³-hybridized carbons (Fsp3) is 0.167. The molecule has 0 fully saturated rings. The van der Waals surface area contributed by atoms with Crippen LogP contribution in [0.3, 0.4) is 0 Å². The Bertz CT molecular complexity index is 546. The van der Waals surface area contributed by atoms with Crippen LogP contribution in [0, 0.1) is 17.4 Å². The van der Waals surface area contributed by atoms with Crippen molar-refractivity contribution < 1.29 is 9.32 Å². The zero-order valence-electron chi connectivity index (χ0n) is 9.45. The van der Waals surface area contributed by atoms with Crippen LogP contribution in [-0.2, 0) is 0 Å². The number of anilines is 1. The minimum atomic E-state index is -0.194. The van der Waals surface area contributed by atoms with E-state index in [1.54, 1.807) is 12.1 Å². The molecule has 0 aliphatic heterocycles. The third-order valence-corrected chi connectivity index (χ3v) is 3.21. The number of carbonyl (C=O) groups excluding carboxylic acids is 1. The average molecular weight is 342 g/mol. The van der Waals surface area contributed by atoms with E-state index in [0.717, 1.165) is 14.8 Å². The number of hydrogen-bond donors (Lipinski definition) is 1. The van der Waals surface area contributed by atoms with Crippen molar-refractivity contribution in [3.8, 4) is 0 Å². The molecule has 0 saturated heterocycles. The van der Waals surface area contributed by atoms with Gasteiger partial charge < -0.3 is 4.52 Å². The van der Waals surface area contributed by atoms with Gasteiger partial charge in [0.25, 0.3) is 5.91 Å². The highest BCUT2D eigenvalue weighted by Gasteiger charge is 2.12. The standard InChI is InChI=1S/C12H11IN2O2/c1-7-8(2)15-17-12(7)14-11(16)9-3-5-10(13)6-4-9/h3-6H,1-2H3,(H,14,16). The van der Waals surface area contributed by atoms with E-state index in [9.17, 15) is 4.79 Å².